The fourth-order valence-electron chi connectivity index (χ4n) is 4.14. The van der Waals surface area contributed by atoms with Crippen molar-refractivity contribution in [2.75, 3.05) is 6.54 Å². The Kier molecular flexibility index (Phi) is 5.04. The zero-order valence-corrected chi connectivity index (χ0v) is 17.4. The molecule has 0 radical (unpaired) electrons. The third-order valence-corrected chi connectivity index (χ3v) is 5.90. The SMILES string of the molecule is O=C1c2oc3ccc(Cl)cc3c(=O)c2[C@@H](c2ccc(F)cc2)N1C[C@H](O)c1ccccc1. The molecule has 0 fully saturated rings. The van der Waals surface area contributed by atoms with E-state index in [9.17, 15) is 19.1 Å². The van der Waals surface area contributed by atoms with Crippen molar-refractivity contribution in [2.45, 2.75) is 12.1 Å². The summed E-state index contributed by atoms with van der Waals surface area (Å²) in [6, 6.07) is 18.3. The van der Waals surface area contributed by atoms with Gasteiger partial charge in [0.15, 0.2) is 5.43 Å². The van der Waals surface area contributed by atoms with Gasteiger partial charge in [0.1, 0.15) is 11.4 Å². The summed E-state index contributed by atoms with van der Waals surface area (Å²) in [5, 5.41) is 11.4. The summed E-state index contributed by atoms with van der Waals surface area (Å²) in [4.78, 5) is 28.2. The van der Waals surface area contributed by atoms with Crippen molar-refractivity contribution in [3.05, 3.63) is 116 Å². The highest BCUT2D eigenvalue weighted by Crippen LogP contribution is 2.39. The summed E-state index contributed by atoms with van der Waals surface area (Å²) in [5.74, 6) is -1.04. The highest BCUT2D eigenvalue weighted by molar-refractivity contribution is 6.31. The molecule has 2 heterocycles. The van der Waals surface area contributed by atoms with E-state index in [0.29, 0.717) is 16.1 Å². The van der Waals surface area contributed by atoms with Crippen LogP contribution in [0.15, 0.2) is 82.0 Å². The second kappa shape index (κ2) is 7.89. The highest BCUT2D eigenvalue weighted by Gasteiger charge is 2.43. The standard InChI is InChI=1S/C25H17ClFNO4/c26-16-8-11-20-18(12-16)23(30)21-22(15-6-9-17(27)10-7-15)28(25(31)24(21)32-20)13-19(29)14-4-2-1-3-5-14/h1-12,19,22,29H,13H2/t19-,22+/m0/s1. The Hall–Kier alpha value is -3.48. The molecule has 1 aliphatic heterocycles. The molecule has 2 atom stereocenters. The molecular formula is C25H17ClFNO4. The highest BCUT2D eigenvalue weighted by atomic mass is 35.5. The number of carbonyl (C=O) groups is 1. The van der Waals surface area contributed by atoms with E-state index in [1.54, 1.807) is 36.4 Å². The lowest BCUT2D eigenvalue weighted by molar-refractivity contribution is 0.0583. The van der Waals surface area contributed by atoms with Gasteiger partial charge in [-0.15, -0.1) is 0 Å². The normalized spacial score (nSPS) is 16.4. The summed E-state index contributed by atoms with van der Waals surface area (Å²) in [6.45, 7) is -0.0777. The van der Waals surface area contributed by atoms with Crippen LogP contribution < -0.4 is 5.43 Å². The van der Waals surface area contributed by atoms with E-state index in [4.69, 9.17) is 16.0 Å². The quantitative estimate of drug-likeness (QED) is 0.483. The second-order valence-corrected chi connectivity index (χ2v) is 8.09. The fraction of sp³-hybridized carbons (Fsp3) is 0.120. The van der Waals surface area contributed by atoms with Crippen LogP contribution in [-0.2, 0) is 0 Å². The van der Waals surface area contributed by atoms with Gasteiger partial charge in [-0.2, -0.15) is 0 Å². The van der Waals surface area contributed by atoms with Gasteiger partial charge in [-0.05, 0) is 41.5 Å². The summed E-state index contributed by atoms with van der Waals surface area (Å²) < 4.78 is 19.4. The number of rotatable bonds is 4. The molecule has 1 N–H and O–H groups in total. The van der Waals surface area contributed by atoms with Crippen LogP contribution in [0.4, 0.5) is 4.39 Å². The third kappa shape index (κ3) is 3.38. The Bertz CT molecular complexity index is 1390. The van der Waals surface area contributed by atoms with Gasteiger partial charge in [-0.1, -0.05) is 54.1 Å². The number of amides is 1. The van der Waals surface area contributed by atoms with Crippen molar-refractivity contribution >= 4 is 28.5 Å². The fourth-order valence-corrected chi connectivity index (χ4v) is 4.31. The van der Waals surface area contributed by atoms with Crippen molar-refractivity contribution in [1.29, 1.82) is 0 Å². The Labute approximate surface area is 187 Å². The largest absolute Gasteiger partial charge is 0.450 e. The van der Waals surface area contributed by atoms with E-state index >= 15 is 0 Å². The molecule has 4 aromatic rings. The monoisotopic (exact) mass is 449 g/mol. The molecule has 0 saturated heterocycles. The Morgan fingerprint density at radius 3 is 2.47 bits per heavy atom. The number of β-amino-alcohol motifs (C(OH)–C–C–N with tert-alkyl or cyclic N) is 1. The first-order chi connectivity index (χ1) is 15.4. The van der Waals surface area contributed by atoms with Crippen LogP contribution in [0.3, 0.4) is 0 Å². The number of hydrogen-bond donors (Lipinski definition) is 1. The lowest BCUT2D eigenvalue weighted by atomic mass is 9.98. The third-order valence-electron chi connectivity index (χ3n) is 5.67. The molecule has 32 heavy (non-hydrogen) atoms. The number of nitrogens with zero attached hydrogens (tertiary/aromatic N) is 1. The molecule has 0 bridgehead atoms. The minimum Gasteiger partial charge on any atom is -0.450 e. The van der Waals surface area contributed by atoms with Crippen LogP contribution in [0, 0.1) is 5.82 Å². The molecule has 7 heteroatoms. The summed E-state index contributed by atoms with van der Waals surface area (Å²) in [5.41, 5.74) is 1.17. The molecule has 1 amide bonds. The minimum atomic E-state index is -0.989. The van der Waals surface area contributed by atoms with Gasteiger partial charge < -0.3 is 14.4 Å². The summed E-state index contributed by atoms with van der Waals surface area (Å²) >= 11 is 6.07. The number of carbonyl (C=O) groups excluding carboxylic acids is 1. The summed E-state index contributed by atoms with van der Waals surface area (Å²) in [7, 11) is 0. The first-order valence-corrected chi connectivity index (χ1v) is 10.4. The number of benzene rings is 3. The molecule has 0 spiro atoms. The predicted octanol–water partition coefficient (Wildman–Crippen LogP) is 4.86. The minimum absolute atomic E-state index is 0.0777. The Balaban J connectivity index is 1.68. The van der Waals surface area contributed by atoms with Crippen LogP contribution in [0.5, 0.6) is 0 Å². The van der Waals surface area contributed by atoms with Crippen molar-refractivity contribution in [2.24, 2.45) is 0 Å². The van der Waals surface area contributed by atoms with Gasteiger partial charge in [-0.25, -0.2) is 4.39 Å². The van der Waals surface area contributed by atoms with Crippen molar-refractivity contribution in [1.82, 2.24) is 4.90 Å². The molecule has 160 valence electrons. The van der Waals surface area contributed by atoms with Gasteiger partial charge >= 0.3 is 0 Å². The lowest BCUT2D eigenvalue weighted by Crippen LogP contribution is -2.33. The van der Waals surface area contributed by atoms with E-state index in [2.05, 4.69) is 0 Å². The first-order valence-electron chi connectivity index (χ1n) is 10.00. The molecule has 5 nitrogen and oxygen atoms in total. The number of halogens is 2. The van der Waals surface area contributed by atoms with Crippen molar-refractivity contribution < 1.29 is 18.7 Å². The van der Waals surface area contributed by atoms with E-state index in [1.807, 2.05) is 6.07 Å². The average Bonchev–Trinajstić information content (AvgIpc) is 3.07. The van der Waals surface area contributed by atoms with Gasteiger partial charge in [0.05, 0.1) is 29.6 Å². The van der Waals surface area contributed by atoms with Crippen molar-refractivity contribution in [3.63, 3.8) is 0 Å². The van der Waals surface area contributed by atoms with Crippen LogP contribution in [-0.4, -0.2) is 22.5 Å². The average molecular weight is 450 g/mol. The topological polar surface area (TPSA) is 70.8 Å². The van der Waals surface area contributed by atoms with Gasteiger partial charge in [-0.3, -0.25) is 9.59 Å². The molecule has 5 rings (SSSR count). The summed E-state index contributed by atoms with van der Waals surface area (Å²) in [6.07, 6.45) is -0.989. The van der Waals surface area contributed by atoms with E-state index < -0.39 is 23.9 Å². The van der Waals surface area contributed by atoms with Gasteiger partial charge in [0, 0.05) is 5.02 Å². The molecule has 0 unspecified atom stereocenters. The van der Waals surface area contributed by atoms with E-state index in [0.717, 1.165) is 0 Å². The smallest absolute Gasteiger partial charge is 0.291 e. The maximum absolute atomic E-state index is 13.6. The Morgan fingerprint density at radius 1 is 1.03 bits per heavy atom. The molecule has 3 aromatic carbocycles. The maximum atomic E-state index is 13.6. The second-order valence-electron chi connectivity index (χ2n) is 7.65. The Morgan fingerprint density at radius 2 is 1.75 bits per heavy atom. The lowest BCUT2D eigenvalue weighted by Gasteiger charge is -2.27. The molecular weight excluding hydrogens is 433 g/mol. The zero-order valence-electron chi connectivity index (χ0n) is 16.7. The van der Waals surface area contributed by atoms with Crippen LogP contribution in [0.1, 0.15) is 39.4 Å². The van der Waals surface area contributed by atoms with Crippen LogP contribution in [0.25, 0.3) is 11.0 Å². The molecule has 1 aliphatic rings. The molecule has 1 aromatic heterocycles. The predicted molar refractivity (Wildman–Crippen MR) is 118 cm³/mol. The van der Waals surface area contributed by atoms with Gasteiger partial charge in [0.2, 0.25) is 5.76 Å². The zero-order chi connectivity index (χ0) is 22.4. The molecule has 0 aliphatic carbocycles. The van der Waals surface area contributed by atoms with Crippen LogP contribution >= 0.6 is 11.6 Å². The number of aliphatic hydroxyl groups excluding tert-OH is 1. The van der Waals surface area contributed by atoms with E-state index in [-0.39, 0.29) is 34.3 Å². The van der Waals surface area contributed by atoms with Gasteiger partial charge in [0.25, 0.3) is 5.91 Å². The first kappa shape index (κ1) is 20.4. The maximum Gasteiger partial charge on any atom is 0.291 e. The number of aliphatic hydroxyl groups is 1. The number of fused-ring (bicyclic) bond motifs is 2. The van der Waals surface area contributed by atoms with Crippen molar-refractivity contribution in [3.8, 4) is 0 Å². The number of hydrogen-bond acceptors (Lipinski definition) is 4. The van der Waals surface area contributed by atoms with E-state index in [1.165, 1.54) is 35.2 Å². The molecule has 0 saturated carbocycles. The van der Waals surface area contributed by atoms with Crippen LogP contribution in [0.2, 0.25) is 5.02 Å².